The van der Waals surface area contributed by atoms with Crippen LogP contribution >= 0.6 is 0 Å². The maximum absolute atomic E-state index is 11.9. The zero-order valence-corrected chi connectivity index (χ0v) is 10.4. The highest BCUT2D eigenvalue weighted by molar-refractivity contribution is 6.06. The molecule has 1 spiro atoms. The Morgan fingerprint density at radius 2 is 2.39 bits per heavy atom. The standard InChI is InChI=1S/C13H18N4O/c1-2-6-17-12(18)15-11(14)13(17)5-8-16-7-3-4-10(16)9-13/h1,10H,3-9H2,(H2,14,15,18). The smallest absolute Gasteiger partial charge is 0.346 e. The fourth-order valence-electron chi connectivity index (χ4n) is 3.62. The van der Waals surface area contributed by atoms with Crippen LogP contribution in [0.4, 0.5) is 4.79 Å². The number of carbonyl (C=O) groups excluding carboxylic acids is 1. The molecule has 96 valence electrons. The molecule has 2 amide bonds. The van der Waals surface area contributed by atoms with E-state index in [0.717, 1.165) is 19.4 Å². The minimum Gasteiger partial charge on any atom is -0.385 e. The van der Waals surface area contributed by atoms with E-state index in [4.69, 9.17) is 12.2 Å². The van der Waals surface area contributed by atoms with Gasteiger partial charge in [-0.3, -0.25) is 4.90 Å². The molecule has 0 aromatic rings. The van der Waals surface area contributed by atoms with Crippen LogP contribution in [0.3, 0.4) is 0 Å². The van der Waals surface area contributed by atoms with Crippen molar-refractivity contribution in [3.05, 3.63) is 0 Å². The molecule has 0 saturated carbocycles. The lowest BCUT2D eigenvalue weighted by Gasteiger charge is -2.45. The lowest BCUT2D eigenvalue weighted by molar-refractivity contribution is 0.0873. The van der Waals surface area contributed by atoms with E-state index in [1.165, 1.54) is 19.4 Å². The second kappa shape index (κ2) is 3.99. The monoisotopic (exact) mass is 246 g/mol. The molecule has 0 aliphatic carbocycles. The number of hydrogen-bond donors (Lipinski definition) is 1. The van der Waals surface area contributed by atoms with Crippen molar-refractivity contribution in [1.29, 1.82) is 0 Å². The van der Waals surface area contributed by atoms with Crippen LogP contribution in [0.5, 0.6) is 0 Å². The molecule has 3 aliphatic heterocycles. The molecule has 18 heavy (non-hydrogen) atoms. The number of urea groups is 1. The van der Waals surface area contributed by atoms with Crippen molar-refractivity contribution in [3.8, 4) is 12.3 Å². The molecule has 2 saturated heterocycles. The third kappa shape index (κ3) is 1.45. The van der Waals surface area contributed by atoms with Gasteiger partial charge in [-0.2, -0.15) is 4.99 Å². The van der Waals surface area contributed by atoms with Gasteiger partial charge in [0.1, 0.15) is 11.4 Å². The summed E-state index contributed by atoms with van der Waals surface area (Å²) in [5.41, 5.74) is 5.63. The van der Waals surface area contributed by atoms with Gasteiger partial charge in [0.15, 0.2) is 0 Å². The first-order valence-electron chi connectivity index (χ1n) is 6.51. The number of terminal acetylenes is 1. The van der Waals surface area contributed by atoms with Gasteiger partial charge in [-0.1, -0.05) is 5.92 Å². The number of piperidine rings is 1. The fourth-order valence-corrected chi connectivity index (χ4v) is 3.62. The van der Waals surface area contributed by atoms with E-state index in [1.807, 2.05) is 0 Å². The Hall–Kier alpha value is -1.54. The van der Waals surface area contributed by atoms with E-state index in [-0.39, 0.29) is 6.03 Å². The average molecular weight is 246 g/mol. The fraction of sp³-hybridized carbons (Fsp3) is 0.692. The Labute approximate surface area is 107 Å². The highest BCUT2D eigenvalue weighted by Crippen LogP contribution is 2.39. The van der Waals surface area contributed by atoms with E-state index in [0.29, 0.717) is 18.4 Å². The van der Waals surface area contributed by atoms with Gasteiger partial charge >= 0.3 is 6.03 Å². The molecule has 3 aliphatic rings. The SMILES string of the molecule is C#CCN1C(=O)N=C(N)C12CCN1CCCC1C2. The predicted octanol–water partition coefficient (Wildman–Crippen LogP) is 0.409. The molecule has 5 heteroatoms. The lowest BCUT2D eigenvalue weighted by atomic mass is 9.81. The third-order valence-corrected chi connectivity index (χ3v) is 4.57. The van der Waals surface area contributed by atoms with Gasteiger partial charge in [-0.25, -0.2) is 4.79 Å². The molecular formula is C13H18N4O. The molecule has 2 unspecified atom stereocenters. The summed E-state index contributed by atoms with van der Waals surface area (Å²) in [7, 11) is 0. The largest absolute Gasteiger partial charge is 0.385 e. The van der Waals surface area contributed by atoms with Crippen LogP contribution in [0.1, 0.15) is 25.7 Å². The van der Waals surface area contributed by atoms with Crippen molar-refractivity contribution < 1.29 is 4.79 Å². The lowest BCUT2D eigenvalue weighted by Crippen LogP contribution is -2.61. The molecule has 2 fully saturated rings. The number of amidine groups is 1. The Morgan fingerprint density at radius 3 is 3.17 bits per heavy atom. The number of hydrogen-bond acceptors (Lipinski definition) is 3. The number of rotatable bonds is 1. The predicted molar refractivity (Wildman–Crippen MR) is 69.1 cm³/mol. The summed E-state index contributed by atoms with van der Waals surface area (Å²) in [4.78, 5) is 20.0. The highest BCUT2D eigenvalue weighted by atomic mass is 16.2. The van der Waals surface area contributed by atoms with Crippen LogP contribution in [0.15, 0.2) is 4.99 Å². The Kier molecular flexibility index (Phi) is 2.56. The summed E-state index contributed by atoms with van der Waals surface area (Å²) >= 11 is 0. The van der Waals surface area contributed by atoms with Gasteiger partial charge in [0, 0.05) is 12.6 Å². The molecule has 3 rings (SSSR count). The van der Waals surface area contributed by atoms with Crippen molar-refractivity contribution in [1.82, 2.24) is 9.80 Å². The van der Waals surface area contributed by atoms with E-state index in [2.05, 4.69) is 15.8 Å². The van der Waals surface area contributed by atoms with Gasteiger partial charge < -0.3 is 10.6 Å². The van der Waals surface area contributed by atoms with Crippen LogP contribution in [0.25, 0.3) is 0 Å². The van der Waals surface area contributed by atoms with E-state index < -0.39 is 5.54 Å². The summed E-state index contributed by atoms with van der Waals surface area (Å²) in [5, 5.41) is 0. The number of nitrogens with zero attached hydrogens (tertiary/aromatic N) is 3. The van der Waals surface area contributed by atoms with Crippen molar-refractivity contribution in [2.24, 2.45) is 10.7 Å². The number of amides is 2. The van der Waals surface area contributed by atoms with Crippen LogP contribution in [0, 0.1) is 12.3 Å². The first-order chi connectivity index (χ1) is 8.67. The molecule has 0 aromatic carbocycles. The molecule has 3 heterocycles. The summed E-state index contributed by atoms with van der Waals surface area (Å²) < 4.78 is 0. The molecule has 5 nitrogen and oxygen atoms in total. The topological polar surface area (TPSA) is 61.9 Å². The summed E-state index contributed by atoms with van der Waals surface area (Å²) in [5.74, 6) is 3.02. The third-order valence-electron chi connectivity index (χ3n) is 4.57. The highest BCUT2D eigenvalue weighted by Gasteiger charge is 2.52. The van der Waals surface area contributed by atoms with E-state index >= 15 is 0 Å². The van der Waals surface area contributed by atoms with Crippen LogP contribution in [0.2, 0.25) is 0 Å². The molecule has 2 N–H and O–H groups in total. The molecular weight excluding hydrogens is 228 g/mol. The summed E-state index contributed by atoms with van der Waals surface area (Å²) in [6.45, 7) is 2.45. The number of aliphatic imine (C=N–C) groups is 1. The van der Waals surface area contributed by atoms with E-state index in [1.54, 1.807) is 4.90 Å². The van der Waals surface area contributed by atoms with Crippen molar-refractivity contribution in [2.45, 2.75) is 37.3 Å². The zero-order valence-electron chi connectivity index (χ0n) is 10.4. The maximum atomic E-state index is 11.9. The Balaban J connectivity index is 1.90. The Morgan fingerprint density at radius 1 is 1.56 bits per heavy atom. The van der Waals surface area contributed by atoms with Crippen LogP contribution < -0.4 is 5.73 Å². The van der Waals surface area contributed by atoms with Gasteiger partial charge in [-0.15, -0.1) is 6.42 Å². The molecule has 0 radical (unpaired) electrons. The molecule has 2 atom stereocenters. The maximum Gasteiger partial charge on any atom is 0.346 e. The Bertz CT molecular complexity index is 452. The van der Waals surface area contributed by atoms with Crippen molar-refractivity contribution in [2.75, 3.05) is 19.6 Å². The zero-order chi connectivity index (χ0) is 12.8. The molecule has 0 aromatic heterocycles. The first kappa shape index (κ1) is 11.5. The molecule has 0 bridgehead atoms. The van der Waals surface area contributed by atoms with Gasteiger partial charge in [0.2, 0.25) is 0 Å². The minimum atomic E-state index is -0.408. The summed E-state index contributed by atoms with van der Waals surface area (Å²) in [6, 6.07) is 0.260. The normalized spacial score (nSPS) is 35.7. The second-order valence-electron chi connectivity index (χ2n) is 5.39. The van der Waals surface area contributed by atoms with Crippen LogP contribution in [-0.2, 0) is 0 Å². The van der Waals surface area contributed by atoms with Crippen molar-refractivity contribution in [3.63, 3.8) is 0 Å². The van der Waals surface area contributed by atoms with Crippen molar-refractivity contribution >= 4 is 11.9 Å². The summed E-state index contributed by atoms with van der Waals surface area (Å²) in [6.07, 6.45) is 9.53. The average Bonchev–Trinajstić information content (AvgIpc) is 2.89. The number of fused-ring (bicyclic) bond motifs is 1. The minimum absolute atomic E-state index is 0.267. The van der Waals surface area contributed by atoms with Gasteiger partial charge in [-0.05, 0) is 32.2 Å². The van der Waals surface area contributed by atoms with Gasteiger partial charge in [0.25, 0.3) is 0 Å². The van der Waals surface area contributed by atoms with E-state index in [9.17, 15) is 4.79 Å². The number of nitrogens with two attached hydrogens (primary N) is 1. The second-order valence-corrected chi connectivity index (χ2v) is 5.39. The first-order valence-corrected chi connectivity index (χ1v) is 6.51. The number of carbonyl (C=O) groups is 1. The quantitative estimate of drug-likeness (QED) is 0.682. The van der Waals surface area contributed by atoms with Gasteiger partial charge in [0.05, 0.1) is 6.54 Å². The van der Waals surface area contributed by atoms with Crippen LogP contribution in [-0.4, -0.2) is 52.9 Å².